The molecule has 3 amide bonds. The zero-order chi connectivity index (χ0) is 11.1. The van der Waals surface area contributed by atoms with E-state index in [1.54, 1.807) is 0 Å². The molecule has 0 radical (unpaired) electrons. The third-order valence-corrected chi connectivity index (χ3v) is 2.31. The Morgan fingerprint density at radius 1 is 1.47 bits per heavy atom. The topological polar surface area (TPSA) is 84.2 Å². The first kappa shape index (κ1) is 11.7. The monoisotopic (exact) mass is 211 g/mol. The van der Waals surface area contributed by atoms with E-state index in [0.717, 1.165) is 13.0 Å². The highest BCUT2D eigenvalue weighted by atomic mass is 16.2. The highest BCUT2D eigenvalue weighted by Gasteiger charge is 2.05. The summed E-state index contributed by atoms with van der Waals surface area (Å²) in [5, 5.41) is 4.95. The smallest absolute Gasteiger partial charge is 0.318 e. The molecule has 0 aromatic rings. The van der Waals surface area contributed by atoms with Crippen molar-refractivity contribution in [1.29, 1.82) is 0 Å². The lowest BCUT2D eigenvalue weighted by atomic mass is 10.2. The second-order valence-corrected chi connectivity index (χ2v) is 3.59. The average molecular weight is 211 g/mol. The largest absolute Gasteiger partial charge is 0.351 e. The molecule has 5 heteroatoms. The molecule has 0 atom stereocenters. The van der Waals surface area contributed by atoms with E-state index in [0.29, 0.717) is 0 Å². The van der Waals surface area contributed by atoms with Crippen molar-refractivity contribution in [2.75, 3.05) is 13.1 Å². The Morgan fingerprint density at radius 3 is 2.87 bits per heavy atom. The van der Waals surface area contributed by atoms with E-state index >= 15 is 0 Å². The van der Waals surface area contributed by atoms with E-state index in [-0.39, 0.29) is 12.5 Å². The Morgan fingerprint density at radius 2 is 2.27 bits per heavy atom. The number of nitrogens with two attached hydrogens (primary N) is 1. The van der Waals surface area contributed by atoms with Crippen LogP contribution in [-0.2, 0) is 4.79 Å². The molecule has 84 valence electrons. The maximum atomic E-state index is 11.0. The van der Waals surface area contributed by atoms with E-state index in [2.05, 4.69) is 11.4 Å². The van der Waals surface area contributed by atoms with Crippen LogP contribution in [0.1, 0.15) is 25.7 Å². The van der Waals surface area contributed by atoms with Crippen molar-refractivity contribution >= 4 is 11.9 Å². The number of hydrogen-bond acceptors (Lipinski definition) is 3. The molecule has 5 nitrogen and oxygen atoms in total. The lowest BCUT2D eigenvalue weighted by Gasteiger charge is -2.04. The standard InChI is InChI=1S/C10H17N3O2/c11-10(15)13-9(14)7-12-6-5-8-3-1-2-4-8/h3,12H,1-2,4-7H2,(H3,11,13,14,15). The Kier molecular flexibility index (Phi) is 4.83. The normalized spacial score (nSPS) is 14.8. The minimum Gasteiger partial charge on any atom is -0.351 e. The van der Waals surface area contributed by atoms with Gasteiger partial charge in [-0.3, -0.25) is 10.1 Å². The second kappa shape index (κ2) is 6.19. The van der Waals surface area contributed by atoms with Crippen LogP contribution in [0, 0.1) is 0 Å². The van der Waals surface area contributed by atoms with E-state index < -0.39 is 6.03 Å². The van der Waals surface area contributed by atoms with E-state index in [1.165, 1.54) is 24.8 Å². The van der Waals surface area contributed by atoms with E-state index in [4.69, 9.17) is 5.73 Å². The third-order valence-electron chi connectivity index (χ3n) is 2.31. The fourth-order valence-corrected chi connectivity index (χ4v) is 1.60. The molecule has 0 saturated heterocycles. The number of amides is 3. The molecule has 0 heterocycles. The predicted octanol–water partition coefficient (Wildman–Crippen LogP) is 0.271. The number of urea groups is 1. The summed E-state index contributed by atoms with van der Waals surface area (Å²) in [5.74, 6) is -0.386. The summed E-state index contributed by atoms with van der Waals surface area (Å²) >= 11 is 0. The molecule has 0 saturated carbocycles. The zero-order valence-corrected chi connectivity index (χ0v) is 8.71. The highest BCUT2D eigenvalue weighted by molar-refractivity contribution is 5.94. The maximum Gasteiger partial charge on any atom is 0.318 e. The van der Waals surface area contributed by atoms with Gasteiger partial charge in [0.2, 0.25) is 5.91 Å². The van der Waals surface area contributed by atoms with Gasteiger partial charge in [-0.25, -0.2) is 4.79 Å². The highest BCUT2D eigenvalue weighted by Crippen LogP contribution is 2.19. The average Bonchev–Trinajstić information content (AvgIpc) is 2.63. The van der Waals surface area contributed by atoms with E-state index in [9.17, 15) is 9.59 Å². The van der Waals surface area contributed by atoms with Crippen LogP contribution in [0.15, 0.2) is 11.6 Å². The summed E-state index contributed by atoms with van der Waals surface area (Å²) in [6.45, 7) is 0.897. The van der Waals surface area contributed by atoms with Gasteiger partial charge in [-0.05, 0) is 32.2 Å². The Hall–Kier alpha value is -1.36. The number of rotatable bonds is 5. The molecule has 0 aromatic carbocycles. The lowest BCUT2D eigenvalue weighted by Crippen LogP contribution is -2.40. The van der Waals surface area contributed by atoms with Gasteiger partial charge in [0, 0.05) is 0 Å². The Labute approximate surface area is 89.1 Å². The quantitative estimate of drug-likeness (QED) is 0.451. The number of imide groups is 1. The van der Waals surface area contributed by atoms with Crippen molar-refractivity contribution in [2.24, 2.45) is 5.73 Å². The number of primary amides is 1. The summed E-state index contributed by atoms with van der Waals surface area (Å²) in [6, 6.07) is -0.805. The summed E-state index contributed by atoms with van der Waals surface area (Å²) in [4.78, 5) is 21.3. The Bertz CT molecular complexity index is 274. The van der Waals surface area contributed by atoms with Gasteiger partial charge in [0.1, 0.15) is 0 Å². The number of nitrogens with one attached hydrogen (secondary N) is 2. The van der Waals surface area contributed by atoms with Crippen molar-refractivity contribution in [3.05, 3.63) is 11.6 Å². The van der Waals surface area contributed by atoms with Crippen LogP contribution in [0.25, 0.3) is 0 Å². The zero-order valence-electron chi connectivity index (χ0n) is 8.71. The summed E-state index contributed by atoms with van der Waals surface area (Å²) < 4.78 is 0. The SMILES string of the molecule is NC(=O)NC(=O)CNCCC1=CCCC1. The molecule has 4 N–H and O–H groups in total. The van der Waals surface area contributed by atoms with Gasteiger partial charge in [-0.15, -0.1) is 0 Å². The van der Waals surface area contributed by atoms with Gasteiger partial charge in [-0.2, -0.15) is 0 Å². The first-order valence-electron chi connectivity index (χ1n) is 5.16. The molecule has 0 unspecified atom stereocenters. The minimum absolute atomic E-state index is 0.135. The number of allylic oxidation sites excluding steroid dienone is 1. The fourth-order valence-electron chi connectivity index (χ4n) is 1.60. The maximum absolute atomic E-state index is 11.0. The summed E-state index contributed by atoms with van der Waals surface area (Å²) in [6.07, 6.45) is 6.83. The van der Waals surface area contributed by atoms with Crippen LogP contribution in [0.5, 0.6) is 0 Å². The molecule has 15 heavy (non-hydrogen) atoms. The molecule has 0 aliphatic heterocycles. The fraction of sp³-hybridized carbons (Fsp3) is 0.600. The number of carbonyl (C=O) groups is 2. The molecular weight excluding hydrogens is 194 g/mol. The van der Waals surface area contributed by atoms with Crippen LogP contribution in [0.2, 0.25) is 0 Å². The molecular formula is C10H17N3O2. The van der Waals surface area contributed by atoms with Crippen molar-refractivity contribution < 1.29 is 9.59 Å². The first-order chi connectivity index (χ1) is 7.18. The van der Waals surface area contributed by atoms with Gasteiger partial charge in [0.05, 0.1) is 6.54 Å². The third kappa shape index (κ3) is 5.17. The van der Waals surface area contributed by atoms with Crippen LogP contribution in [0.4, 0.5) is 4.79 Å². The predicted molar refractivity (Wildman–Crippen MR) is 57.1 cm³/mol. The molecule has 1 aliphatic carbocycles. The van der Waals surface area contributed by atoms with Crippen LogP contribution in [0.3, 0.4) is 0 Å². The summed E-state index contributed by atoms with van der Waals surface area (Å²) in [7, 11) is 0. The van der Waals surface area contributed by atoms with Crippen LogP contribution in [-0.4, -0.2) is 25.0 Å². The minimum atomic E-state index is -0.805. The number of hydrogen-bond donors (Lipinski definition) is 3. The molecule has 0 fully saturated rings. The van der Waals surface area contributed by atoms with E-state index in [1.807, 2.05) is 5.32 Å². The number of carbonyl (C=O) groups excluding carboxylic acids is 2. The lowest BCUT2D eigenvalue weighted by molar-refractivity contribution is -0.119. The second-order valence-electron chi connectivity index (χ2n) is 3.59. The van der Waals surface area contributed by atoms with Gasteiger partial charge in [0.15, 0.2) is 0 Å². The van der Waals surface area contributed by atoms with Crippen molar-refractivity contribution in [2.45, 2.75) is 25.7 Å². The van der Waals surface area contributed by atoms with Crippen molar-refractivity contribution in [3.63, 3.8) is 0 Å². The summed E-state index contributed by atoms with van der Waals surface area (Å²) in [5.41, 5.74) is 6.25. The molecule has 0 bridgehead atoms. The molecule has 1 rings (SSSR count). The first-order valence-corrected chi connectivity index (χ1v) is 5.16. The van der Waals surface area contributed by atoms with Gasteiger partial charge >= 0.3 is 6.03 Å². The van der Waals surface area contributed by atoms with Crippen LogP contribution >= 0.6 is 0 Å². The van der Waals surface area contributed by atoms with Crippen LogP contribution < -0.4 is 16.4 Å². The molecule has 1 aliphatic rings. The van der Waals surface area contributed by atoms with Gasteiger partial charge in [-0.1, -0.05) is 11.6 Å². The van der Waals surface area contributed by atoms with Gasteiger partial charge in [0.25, 0.3) is 0 Å². The van der Waals surface area contributed by atoms with Gasteiger partial charge < -0.3 is 11.1 Å². The van der Waals surface area contributed by atoms with Crippen molar-refractivity contribution in [1.82, 2.24) is 10.6 Å². The molecule has 0 aromatic heterocycles. The molecule has 0 spiro atoms. The Balaban J connectivity index is 2.01. The van der Waals surface area contributed by atoms with Crippen molar-refractivity contribution in [3.8, 4) is 0 Å².